The highest BCUT2D eigenvalue weighted by molar-refractivity contribution is 5.61. The first-order valence-corrected chi connectivity index (χ1v) is 4.12. The molecule has 1 atom stereocenters. The molecule has 0 saturated heterocycles. The zero-order valence-corrected chi connectivity index (χ0v) is 7.62. The topological polar surface area (TPSA) is 38.4 Å². The van der Waals surface area contributed by atoms with E-state index in [1.54, 1.807) is 6.20 Å². The van der Waals surface area contributed by atoms with Gasteiger partial charge in [-0.2, -0.15) is 0 Å². The van der Waals surface area contributed by atoms with E-state index in [-0.39, 0.29) is 0 Å². The highest BCUT2D eigenvalue weighted by atomic mass is 14.7. The van der Waals surface area contributed by atoms with Crippen LogP contribution in [0.4, 0.5) is 0 Å². The standard InChI is InChI=1S/C9H18N2/c1-4-9(8(2)3)7-11-6-5-10/h5-9H,4,10H2,1-3H3/b6-5-,11-7-. The van der Waals surface area contributed by atoms with Gasteiger partial charge in [0.2, 0.25) is 0 Å². The molecule has 0 aliphatic rings. The van der Waals surface area contributed by atoms with E-state index in [1.807, 2.05) is 6.21 Å². The number of nitrogens with two attached hydrogens (primary N) is 1. The van der Waals surface area contributed by atoms with Crippen molar-refractivity contribution in [1.29, 1.82) is 0 Å². The van der Waals surface area contributed by atoms with E-state index >= 15 is 0 Å². The van der Waals surface area contributed by atoms with Crippen LogP contribution in [0.3, 0.4) is 0 Å². The van der Waals surface area contributed by atoms with Crippen LogP contribution in [0.1, 0.15) is 27.2 Å². The number of nitrogens with zero attached hydrogens (tertiary/aromatic N) is 1. The van der Waals surface area contributed by atoms with Crippen molar-refractivity contribution >= 4 is 6.21 Å². The minimum Gasteiger partial charge on any atom is -0.403 e. The zero-order valence-electron chi connectivity index (χ0n) is 7.62. The quantitative estimate of drug-likeness (QED) is 0.619. The minimum absolute atomic E-state index is 0.575. The van der Waals surface area contributed by atoms with E-state index in [1.165, 1.54) is 6.20 Å². The lowest BCUT2D eigenvalue weighted by Crippen LogP contribution is -2.08. The summed E-state index contributed by atoms with van der Waals surface area (Å²) < 4.78 is 0. The lowest BCUT2D eigenvalue weighted by molar-refractivity contribution is 0.489. The first-order valence-electron chi connectivity index (χ1n) is 4.12. The van der Waals surface area contributed by atoms with E-state index in [0.29, 0.717) is 11.8 Å². The lowest BCUT2D eigenvalue weighted by atomic mass is 9.95. The smallest absolute Gasteiger partial charge is 0.0418 e. The van der Waals surface area contributed by atoms with Gasteiger partial charge in [-0.25, -0.2) is 0 Å². The lowest BCUT2D eigenvalue weighted by Gasteiger charge is -2.12. The molecular formula is C9H18N2. The second-order valence-electron chi connectivity index (χ2n) is 2.96. The molecule has 0 aromatic heterocycles. The Morgan fingerprint density at radius 1 is 1.45 bits per heavy atom. The first kappa shape index (κ1) is 10.2. The third-order valence-electron chi connectivity index (χ3n) is 1.78. The summed E-state index contributed by atoms with van der Waals surface area (Å²) in [7, 11) is 0. The molecule has 0 bridgehead atoms. The predicted octanol–water partition coefficient (Wildman–Crippen LogP) is 2.17. The second kappa shape index (κ2) is 5.96. The predicted molar refractivity (Wildman–Crippen MR) is 50.4 cm³/mol. The largest absolute Gasteiger partial charge is 0.403 e. The fraction of sp³-hybridized carbons (Fsp3) is 0.667. The molecule has 0 aromatic carbocycles. The highest BCUT2D eigenvalue weighted by Crippen LogP contribution is 2.11. The summed E-state index contributed by atoms with van der Waals surface area (Å²) in [4.78, 5) is 4.05. The Morgan fingerprint density at radius 2 is 2.09 bits per heavy atom. The van der Waals surface area contributed by atoms with Crippen molar-refractivity contribution < 1.29 is 0 Å². The third-order valence-corrected chi connectivity index (χ3v) is 1.78. The van der Waals surface area contributed by atoms with Gasteiger partial charge < -0.3 is 5.73 Å². The molecular weight excluding hydrogens is 136 g/mol. The molecule has 1 unspecified atom stereocenters. The summed E-state index contributed by atoms with van der Waals surface area (Å²) >= 11 is 0. The van der Waals surface area contributed by atoms with E-state index in [9.17, 15) is 0 Å². The molecule has 0 fully saturated rings. The fourth-order valence-corrected chi connectivity index (χ4v) is 0.959. The first-order chi connectivity index (χ1) is 5.22. The van der Waals surface area contributed by atoms with Gasteiger partial charge in [0.25, 0.3) is 0 Å². The summed E-state index contributed by atoms with van der Waals surface area (Å²) in [6.07, 6.45) is 6.17. The SMILES string of the molecule is CCC(/C=N\C=C/N)C(C)C. The van der Waals surface area contributed by atoms with Crippen LogP contribution >= 0.6 is 0 Å². The van der Waals surface area contributed by atoms with Gasteiger partial charge in [-0.1, -0.05) is 20.8 Å². The summed E-state index contributed by atoms with van der Waals surface area (Å²) in [5.41, 5.74) is 5.14. The van der Waals surface area contributed by atoms with E-state index in [0.717, 1.165) is 6.42 Å². The monoisotopic (exact) mass is 154 g/mol. The second-order valence-corrected chi connectivity index (χ2v) is 2.96. The molecule has 0 rings (SSSR count). The summed E-state index contributed by atoms with van der Waals surface area (Å²) in [6.45, 7) is 6.57. The van der Waals surface area contributed by atoms with Crippen molar-refractivity contribution in [2.45, 2.75) is 27.2 Å². The molecule has 0 aromatic rings. The zero-order chi connectivity index (χ0) is 8.69. The molecule has 0 amide bonds. The fourth-order valence-electron chi connectivity index (χ4n) is 0.959. The maximum atomic E-state index is 5.14. The van der Waals surface area contributed by atoms with Crippen LogP contribution in [0, 0.1) is 11.8 Å². The molecule has 64 valence electrons. The van der Waals surface area contributed by atoms with Gasteiger partial charge in [-0.05, 0) is 18.3 Å². The Kier molecular flexibility index (Phi) is 5.53. The van der Waals surface area contributed by atoms with Crippen molar-refractivity contribution in [1.82, 2.24) is 0 Å². The van der Waals surface area contributed by atoms with E-state index in [4.69, 9.17) is 5.73 Å². The van der Waals surface area contributed by atoms with Crippen LogP contribution in [-0.2, 0) is 0 Å². The van der Waals surface area contributed by atoms with Crippen LogP contribution in [0.25, 0.3) is 0 Å². The Hall–Kier alpha value is -0.790. The van der Waals surface area contributed by atoms with E-state index < -0.39 is 0 Å². The average Bonchev–Trinajstić information content (AvgIpc) is 1.97. The summed E-state index contributed by atoms with van der Waals surface area (Å²) in [5, 5.41) is 0. The van der Waals surface area contributed by atoms with Gasteiger partial charge >= 0.3 is 0 Å². The van der Waals surface area contributed by atoms with Gasteiger partial charge in [0.1, 0.15) is 0 Å². The van der Waals surface area contributed by atoms with Crippen molar-refractivity contribution in [2.75, 3.05) is 0 Å². The van der Waals surface area contributed by atoms with Crippen molar-refractivity contribution in [3.8, 4) is 0 Å². The number of hydrogen-bond donors (Lipinski definition) is 1. The average molecular weight is 154 g/mol. The Labute approximate surface area is 69.2 Å². The van der Waals surface area contributed by atoms with Crippen LogP contribution in [0.5, 0.6) is 0 Å². The van der Waals surface area contributed by atoms with Crippen LogP contribution in [0.15, 0.2) is 17.4 Å². The minimum atomic E-state index is 0.575. The van der Waals surface area contributed by atoms with Crippen molar-refractivity contribution in [3.05, 3.63) is 12.4 Å². The summed E-state index contributed by atoms with van der Waals surface area (Å²) in [5.74, 6) is 1.24. The van der Waals surface area contributed by atoms with E-state index in [2.05, 4.69) is 25.8 Å². The molecule has 0 aliphatic carbocycles. The number of rotatable bonds is 4. The molecule has 0 saturated carbocycles. The van der Waals surface area contributed by atoms with Crippen LogP contribution in [-0.4, -0.2) is 6.21 Å². The number of hydrogen-bond acceptors (Lipinski definition) is 2. The van der Waals surface area contributed by atoms with Gasteiger partial charge in [-0.3, -0.25) is 4.99 Å². The van der Waals surface area contributed by atoms with Crippen LogP contribution in [0.2, 0.25) is 0 Å². The maximum Gasteiger partial charge on any atom is 0.0418 e. The van der Waals surface area contributed by atoms with Gasteiger partial charge in [0.05, 0.1) is 0 Å². The molecule has 0 heterocycles. The molecule has 11 heavy (non-hydrogen) atoms. The van der Waals surface area contributed by atoms with Crippen LogP contribution < -0.4 is 5.73 Å². The third kappa shape index (κ3) is 4.59. The Morgan fingerprint density at radius 3 is 2.45 bits per heavy atom. The Bertz CT molecular complexity index is 136. The molecule has 0 radical (unpaired) electrons. The summed E-state index contributed by atoms with van der Waals surface area (Å²) in [6, 6.07) is 0. The van der Waals surface area contributed by atoms with Gasteiger partial charge in [0, 0.05) is 18.6 Å². The number of aliphatic imine (C=N–C) groups is 1. The molecule has 2 nitrogen and oxygen atoms in total. The normalized spacial score (nSPS) is 15.3. The maximum absolute atomic E-state index is 5.14. The highest BCUT2D eigenvalue weighted by Gasteiger charge is 2.06. The Balaban J connectivity index is 3.86. The van der Waals surface area contributed by atoms with Crippen molar-refractivity contribution in [2.24, 2.45) is 22.6 Å². The molecule has 2 N–H and O–H groups in total. The van der Waals surface area contributed by atoms with Gasteiger partial charge in [0.15, 0.2) is 0 Å². The van der Waals surface area contributed by atoms with Crippen molar-refractivity contribution in [3.63, 3.8) is 0 Å². The van der Waals surface area contributed by atoms with Gasteiger partial charge in [-0.15, -0.1) is 0 Å². The molecule has 0 aliphatic heterocycles. The molecule has 2 heteroatoms. The molecule has 0 spiro atoms.